The van der Waals surface area contributed by atoms with E-state index in [9.17, 15) is 4.79 Å². The van der Waals surface area contributed by atoms with Gasteiger partial charge in [-0.1, -0.05) is 31.9 Å². The van der Waals surface area contributed by atoms with Gasteiger partial charge < -0.3 is 0 Å². The van der Waals surface area contributed by atoms with E-state index in [4.69, 9.17) is 0 Å². The Morgan fingerprint density at radius 2 is 1.50 bits per heavy atom. The first-order chi connectivity index (χ1) is 3.55. The number of ketones is 1. The van der Waals surface area contributed by atoms with Crippen LogP contribution in [0.15, 0.2) is 0 Å². The van der Waals surface area contributed by atoms with E-state index < -0.39 is 0 Å². The minimum Gasteiger partial charge on any atom is -0.297 e. The molecule has 0 unspecified atom stereocenters. The molecule has 48 valence electrons. The lowest BCUT2D eigenvalue weighted by Gasteiger charge is -2.01. The second-order valence-electron chi connectivity index (χ2n) is 1.63. The average Bonchev–Trinajstić information content (AvgIpc) is 1.64. The molecule has 0 saturated carbocycles. The molecule has 0 aromatic heterocycles. The lowest BCUT2D eigenvalue weighted by atomic mass is 10.2. The zero-order valence-corrected chi connectivity index (χ0v) is 7.99. The Labute approximate surface area is 66.1 Å². The zero-order chi connectivity index (χ0) is 6.73. The van der Waals surface area contributed by atoms with Crippen molar-refractivity contribution in [2.24, 2.45) is 0 Å². The van der Waals surface area contributed by atoms with Crippen molar-refractivity contribution in [3.05, 3.63) is 0 Å². The minimum absolute atomic E-state index is 0.0307. The SMILES string of the molecule is C[C@H](Br)C(=O)[C@@H](C)Br. The molecule has 3 heteroatoms. The summed E-state index contributed by atoms with van der Waals surface area (Å²) in [6, 6.07) is 0. The Bertz CT molecular complexity index is 78.4. The predicted molar refractivity (Wildman–Crippen MR) is 41.8 cm³/mol. The van der Waals surface area contributed by atoms with Crippen LogP contribution in [-0.4, -0.2) is 15.4 Å². The van der Waals surface area contributed by atoms with Gasteiger partial charge in [0, 0.05) is 0 Å². The fourth-order valence-corrected chi connectivity index (χ4v) is 1.46. The van der Waals surface area contributed by atoms with Crippen LogP contribution in [0.4, 0.5) is 0 Å². The quantitative estimate of drug-likeness (QED) is 0.680. The summed E-state index contributed by atoms with van der Waals surface area (Å²) in [5.74, 6) is 0.185. The minimum atomic E-state index is -0.0307. The van der Waals surface area contributed by atoms with Crippen molar-refractivity contribution in [2.75, 3.05) is 0 Å². The summed E-state index contributed by atoms with van der Waals surface area (Å²) in [6.07, 6.45) is 0. The van der Waals surface area contributed by atoms with E-state index in [1.807, 2.05) is 13.8 Å². The molecular weight excluding hydrogens is 236 g/mol. The van der Waals surface area contributed by atoms with Crippen LogP contribution in [-0.2, 0) is 4.79 Å². The first kappa shape index (κ1) is 8.63. The van der Waals surface area contributed by atoms with Gasteiger partial charge in [0.15, 0.2) is 5.78 Å². The highest BCUT2D eigenvalue weighted by Gasteiger charge is 2.13. The molecule has 0 fully saturated rings. The van der Waals surface area contributed by atoms with E-state index in [0.29, 0.717) is 0 Å². The first-order valence-corrected chi connectivity index (χ1v) is 4.20. The largest absolute Gasteiger partial charge is 0.297 e. The second kappa shape index (κ2) is 3.62. The van der Waals surface area contributed by atoms with Gasteiger partial charge in [0.05, 0.1) is 9.65 Å². The van der Waals surface area contributed by atoms with Crippen molar-refractivity contribution in [2.45, 2.75) is 23.5 Å². The van der Waals surface area contributed by atoms with Gasteiger partial charge in [0.1, 0.15) is 0 Å². The number of hydrogen-bond acceptors (Lipinski definition) is 1. The van der Waals surface area contributed by atoms with Crippen molar-refractivity contribution < 1.29 is 4.79 Å². The van der Waals surface area contributed by atoms with Crippen molar-refractivity contribution in [3.8, 4) is 0 Å². The summed E-state index contributed by atoms with van der Waals surface area (Å²) in [5.41, 5.74) is 0. The van der Waals surface area contributed by atoms with Crippen molar-refractivity contribution in [1.82, 2.24) is 0 Å². The number of Topliss-reactive ketones (excluding diaryl/α,β-unsaturated/α-hetero) is 1. The molecule has 1 nitrogen and oxygen atoms in total. The molecule has 0 aliphatic carbocycles. The van der Waals surface area contributed by atoms with Gasteiger partial charge in [0.25, 0.3) is 0 Å². The predicted octanol–water partition coefficient (Wildman–Crippen LogP) is 2.12. The number of rotatable bonds is 2. The molecule has 0 aromatic rings. The van der Waals surface area contributed by atoms with Crippen molar-refractivity contribution in [3.63, 3.8) is 0 Å². The Hall–Kier alpha value is 0.630. The zero-order valence-electron chi connectivity index (χ0n) is 4.82. The van der Waals surface area contributed by atoms with Gasteiger partial charge in [-0.2, -0.15) is 0 Å². The standard InChI is InChI=1S/C5H8Br2O/c1-3(6)5(8)4(2)7/h3-4H,1-2H3/t3-,4+. The number of carbonyl (C=O) groups excluding carboxylic acids is 1. The second-order valence-corrected chi connectivity index (χ2v) is 4.38. The monoisotopic (exact) mass is 242 g/mol. The van der Waals surface area contributed by atoms with Crippen LogP contribution < -0.4 is 0 Å². The molecule has 2 atom stereocenters. The fourth-order valence-electron chi connectivity index (χ4n) is 0.316. The molecule has 0 heterocycles. The Morgan fingerprint density at radius 3 is 1.50 bits per heavy atom. The maximum atomic E-state index is 10.7. The maximum Gasteiger partial charge on any atom is 0.159 e. The van der Waals surface area contributed by atoms with Gasteiger partial charge in [-0.3, -0.25) is 4.79 Å². The summed E-state index contributed by atoms with van der Waals surface area (Å²) in [4.78, 5) is 10.7. The maximum absolute atomic E-state index is 10.7. The highest BCUT2D eigenvalue weighted by atomic mass is 79.9. The summed E-state index contributed by atoms with van der Waals surface area (Å²) in [7, 11) is 0. The smallest absolute Gasteiger partial charge is 0.159 e. The van der Waals surface area contributed by atoms with Crippen LogP contribution in [0, 0.1) is 0 Å². The van der Waals surface area contributed by atoms with E-state index in [1.165, 1.54) is 0 Å². The molecule has 0 rings (SSSR count). The van der Waals surface area contributed by atoms with Crippen LogP contribution in [0.1, 0.15) is 13.8 Å². The van der Waals surface area contributed by atoms with Gasteiger partial charge in [-0.25, -0.2) is 0 Å². The summed E-state index contributed by atoms with van der Waals surface area (Å²) >= 11 is 6.32. The fraction of sp³-hybridized carbons (Fsp3) is 0.800. The Balaban J connectivity index is 3.65. The van der Waals surface area contributed by atoms with Crippen LogP contribution in [0.3, 0.4) is 0 Å². The third kappa shape index (κ3) is 2.82. The van der Waals surface area contributed by atoms with E-state index in [2.05, 4.69) is 31.9 Å². The van der Waals surface area contributed by atoms with Crippen molar-refractivity contribution >= 4 is 37.6 Å². The van der Waals surface area contributed by atoms with E-state index in [-0.39, 0.29) is 15.4 Å². The van der Waals surface area contributed by atoms with Crippen LogP contribution in [0.5, 0.6) is 0 Å². The number of carbonyl (C=O) groups is 1. The molecular formula is C5H8Br2O. The molecule has 0 aliphatic rings. The number of alkyl halides is 2. The first-order valence-electron chi connectivity index (χ1n) is 2.37. The third-order valence-corrected chi connectivity index (χ3v) is 1.69. The number of halogens is 2. The molecule has 0 amide bonds. The third-order valence-electron chi connectivity index (χ3n) is 0.784. The summed E-state index contributed by atoms with van der Waals surface area (Å²) in [5, 5.41) is 0. The van der Waals surface area contributed by atoms with Crippen LogP contribution >= 0.6 is 31.9 Å². The molecule has 8 heavy (non-hydrogen) atoms. The van der Waals surface area contributed by atoms with Crippen LogP contribution in [0.2, 0.25) is 0 Å². The topological polar surface area (TPSA) is 17.1 Å². The molecule has 0 radical (unpaired) electrons. The van der Waals surface area contributed by atoms with E-state index in [0.717, 1.165) is 0 Å². The van der Waals surface area contributed by atoms with E-state index >= 15 is 0 Å². The molecule has 0 saturated heterocycles. The summed E-state index contributed by atoms with van der Waals surface area (Å²) in [6.45, 7) is 3.64. The van der Waals surface area contributed by atoms with Crippen molar-refractivity contribution in [1.29, 1.82) is 0 Å². The highest BCUT2D eigenvalue weighted by Crippen LogP contribution is 2.08. The normalized spacial score (nSPS) is 17.5. The number of hydrogen-bond donors (Lipinski definition) is 0. The molecule has 0 N–H and O–H groups in total. The molecule has 0 spiro atoms. The lowest BCUT2D eigenvalue weighted by molar-refractivity contribution is -0.117. The molecule has 0 bridgehead atoms. The van der Waals surface area contributed by atoms with Crippen LogP contribution in [0.25, 0.3) is 0 Å². The molecule has 0 aliphatic heterocycles. The summed E-state index contributed by atoms with van der Waals surface area (Å²) < 4.78 is 0. The lowest BCUT2D eigenvalue weighted by Crippen LogP contribution is -2.18. The average molecular weight is 244 g/mol. The Kier molecular flexibility index (Phi) is 3.90. The molecule has 0 aromatic carbocycles. The van der Waals surface area contributed by atoms with Gasteiger partial charge >= 0.3 is 0 Å². The Morgan fingerprint density at radius 1 is 1.25 bits per heavy atom. The van der Waals surface area contributed by atoms with E-state index in [1.54, 1.807) is 0 Å². The van der Waals surface area contributed by atoms with Gasteiger partial charge in [-0.15, -0.1) is 0 Å². The highest BCUT2D eigenvalue weighted by molar-refractivity contribution is 9.10. The van der Waals surface area contributed by atoms with Gasteiger partial charge in [-0.05, 0) is 13.8 Å². The van der Waals surface area contributed by atoms with Gasteiger partial charge in [0.2, 0.25) is 0 Å².